The summed E-state index contributed by atoms with van der Waals surface area (Å²) in [7, 11) is 0. The van der Waals surface area contributed by atoms with Crippen LogP contribution in [-0.4, -0.2) is 21.9 Å². The molecule has 0 atom stereocenters. The number of anilines is 2. The Hall–Kier alpha value is -2.70. The Bertz CT molecular complexity index is 786. The minimum Gasteiger partial charge on any atom is -0.292 e. The highest BCUT2D eigenvalue weighted by Crippen LogP contribution is 2.23. The van der Waals surface area contributed by atoms with Gasteiger partial charge in [-0.05, 0) is 35.4 Å². The highest BCUT2D eigenvalue weighted by molar-refractivity contribution is 6.83. The third kappa shape index (κ3) is 5.68. The second kappa shape index (κ2) is 9.12. The van der Waals surface area contributed by atoms with Crippen molar-refractivity contribution in [2.45, 2.75) is 13.8 Å². The van der Waals surface area contributed by atoms with Gasteiger partial charge in [-0.15, -0.1) is 0 Å². The molecule has 0 saturated carbocycles. The number of nitrogens with zero attached hydrogens (tertiary/aromatic N) is 2. The first kappa shape index (κ1) is 19.6. The molecule has 2 rings (SSSR count). The molecule has 134 valence electrons. The summed E-state index contributed by atoms with van der Waals surface area (Å²) in [6, 6.07) is 14.9. The van der Waals surface area contributed by atoms with E-state index in [1.54, 1.807) is 0 Å². The van der Waals surface area contributed by atoms with Crippen molar-refractivity contribution in [3.05, 3.63) is 48.5 Å². The average Bonchev–Trinajstić information content (AvgIpc) is 2.64. The van der Waals surface area contributed by atoms with Crippen LogP contribution in [0.3, 0.4) is 0 Å². The lowest BCUT2D eigenvalue weighted by Crippen LogP contribution is -2.04. The fourth-order valence-corrected chi connectivity index (χ4v) is 1.94. The molecule has 0 aliphatic carbocycles. The van der Waals surface area contributed by atoms with Crippen LogP contribution in [0, 0.1) is 0 Å². The zero-order valence-electron chi connectivity index (χ0n) is 14.1. The van der Waals surface area contributed by atoms with Crippen molar-refractivity contribution in [1.82, 2.24) is 0 Å². The van der Waals surface area contributed by atoms with E-state index in [2.05, 4.69) is 21.1 Å². The highest BCUT2D eigenvalue weighted by Gasteiger charge is 2.03. The van der Waals surface area contributed by atoms with Crippen molar-refractivity contribution >= 4 is 56.5 Å². The van der Waals surface area contributed by atoms with Crippen molar-refractivity contribution in [3.63, 3.8) is 0 Å². The number of hydrogen-bond donors (Lipinski definition) is 2. The Morgan fingerprint density at radius 1 is 0.692 bits per heavy atom. The quantitative estimate of drug-likeness (QED) is 0.539. The van der Waals surface area contributed by atoms with E-state index in [-0.39, 0.29) is 21.9 Å². The lowest BCUT2D eigenvalue weighted by atomic mass is 10.1. The monoisotopic (exact) mass is 390 g/mol. The normalized spacial score (nSPS) is 11.8. The summed E-state index contributed by atoms with van der Waals surface area (Å²) in [5.74, 6) is -0.614. The van der Waals surface area contributed by atoms with Gasteiger partial charge in [0.1, 0.15) is 0 Å². The van der Waals surface area contributed by atoms with Crippen LogP contribution in [-0.2, 0) is 9.59 Å². The molecule has 0 spiro atoms. The molecule has 0 fully saturated rings. The van der Waals surface area contributed by atoms with E-state index >= 15 is 0 Å². The molecule has 2 aromatic rings. The zero-order chi connectivity index (χ0) is 19.1. The van der Waals surface area contributed by atoms with E-state index < -0.39 is 0 Å². The maximum absolute atomic E-state index is 11.0. The van der Waals surface area contributed by atoms with Gasteiger partial charge in [-0.1, -0.05) is 47.5 Å². The van der Waals surface area contributed by atoms with Crippen molar-refractivity contribution in [2.75, 3.05) is 10.9 Å². The predicted molar refractivity (Wildman–Crippen MR) is 107 cm³/mol. The Kier molecular flexibility index (Phi) is 6.89. The lowest BCUT2D eigenvalue weighted by molar-refractivity contribution is -0.111. The molecule has 2 N–H and O–H groups in total. The fraction of sp³-hybridized carbons (Fsp3) is 0.111. The topological polar surface area (TPSA) is 82.9 Å². The van der Waals surface area contributed by atoms with Crippen molar-refractivity contribution in [3.8, 4) is 11.1 Å². The maximum Gasteiger partial charge on any atom is 0.191 e. The molecule has 0 aliphatic rings. The summed E-state index contributed by atoms with van der Waals surface area (Å²) >= 11 is 11.3. The Labute approximate surface area is 160 Å². The van der Waals surface area contributed by atoms with E-state index in [1.165, 1.54) is 13.8 Å². The van der Waals surface area contributed by atoms with Crippen LogP contribution in [0.15, 0.2) is 58.7 Å². The Morgan fingerprint density at radius 3 is 1.27 bits per heavy atom. The molecule has 8 heteroatoms. The Morgan fingerprint density at radius 2 is 1.00 bits per heavy atom. The number of hydrogen-bond acceptors (Lipinski definition) is 6. The second-order valence-electron chi connectivity index (χ2n) is 5.30. The first-order chi connectivity index (χ1) is 12.4. The van der Waals surface area contributed by atoms with Crippen LogP contribution >= 0.6 is 23.2 Å². The van der Waals surface area contributed by atoms with Crippen LogP contribution in [0.1, 0.15) is 13.8 Å². The van der Waals surface area contributed by atoms with Gasteiger partial charge >= 0.3 is 0 Å². The number of nitrogens with one attached hydrogen (secondary N) is 2. The van der Waals surface area contributed by atoms with Crippen LogP contribution in [0.25, 0.3) is 11.1 Å². The van der Waals surface area contributed by atoms with Crippen LogP contribution in [0.2, 0.25) is 0 Å². The number of ketones is 2. The van der Waals surface area contributed by atoms with Gasteiger partial charge in [-0.25, -0.2) is 0 Å². The Balaban J connectivity index is 2.05. The number of carbonyl (C=O) groups excluding carboxylic acids is 2. The third-order valence-corrected chi connectivity index (χ3v) is 3.95. The molecule has 0 aliphatic heterocycles. The minimum absolute atomic E-state index is 0.107. The summed E-state index contributed by atoms with van der Waals surface area (Å²) in [5, 5.41) is 7.35. The molecule has 0 saturated heterocycles. The van der Waals surface area contributed by atoms with Crippen LogP contribution in [0.4, 0.5) is 11.4 Å². The van der Waals surface area contributed by atoms with Gasteiger partial charge in [-0.3, -0.25) is 20.4 Å². The predicted octanol–water partition coefficient (Wildman–Crippen LogP) is 4.46. The van der Waals surface area contributed by atoms with E-state index in [0.717, 1.165) is 11.1 Å². The van der Waals surface area contributed by atoms with Gasteiger partial charge in [0.25, 0.3) is 0 Å². The summed E-state index contributed by atoms with van der Waals surface area (Å²) in [5.41, 5.74) is 8.85. The minimum atomic E-state index is -0.307. The van der Waals surface area contributed by atoms with Gasteiger partial charge in [-0.2, -0.15) is 10.2 Å². The largest absolute Gasteiger partial charge is 0.292 e. The highest BCUT2D eigenvalue weighted by atomic mass is 35.5. The van der Waals surface area contributed by atoms with E-state index in [1.807, 2.05) is 48.5 Å². The molecule has 0 amide bonds. The maximum atomic E-state index is 11.0. The summed E-state index contributed by atoms with van der Waals surface area (Å²) in [4.78, 5) is 22.0. The molecule has 26 heavy (non-hydrogen) atoms. The molecular weight excluding hydrogens is 375 g/mol. The van der Waals surface area contributed by atoms with E-state index in [4.69, 9.17) is 23.2 Å². The first-order valence-electron chi connectivity index (χ1n) is 7.57. The number of benzene rings is 2. The second-order valence-corrected chi connectivity index (χ2v) is 6.01. The summed E-state index contributed by atoms with van der Waals surface area (Å²) < 4.78 is 0. The van der Waals surface area contributed by atoms with Crippen LogP contribution in [0.5, 0.6) is 0 Å². The number of hydrazone groups is 2. The number of halogens is 2. The molecule has 0 radical (unpaired) electrons. The molecular formula is C18H16Cl2N4O2. The fourth-order valence-electron chi connectivity index (χ4n) is 1.86. The van der Waals surface area contributed by atoms with Gasteiger partial charge in [0.05, 0.1) is 11.4 Å². The first-order valence-corrected chi connectivity index (χ1v) is 8.33. The van der Waals surface area contributed by atoms with Gasteiger partial charge in [0.15, 0.2) is 21.9 Å². The molecule has 2 aromatic carbocycles. The zero-order valence-corrected chi connectivity index (χ0v) is 15.6. The molecule has 0 bridgehead atoms. The number of Topliss-reactive ketones (excluding diaryl/α,β-unsaturated/α-hetero) is 2. The van der Waals surface area contributed by atoms with Crippen molar-refractivity contribution in [2.24, 2.45) is 10.2 Å². The lowest BCUT2D eigenvalue weighted by Gasteiger charge is -2.06. The molecule has 6 nitrogen and oxygen atoms in total. The van der Waals surface area contributed by atoms with Crippen LogP contribution < -0.4 is 10.9 Å². The third-order valence-electron chi connectivity index (χ3n) is 3.25. The standard InChI is InChI=1S/C18H16Cl2N4O2/c1-11(25)17(19)23-21-15-7-3-13(4-8-15)14-5-9-16(10-6-14)22-24-18(20)12(2)26/h3-10,21-22H,1-2H3/b23-17-,24-18-. The van der Waals surface area contributed by atoms with E-state index in [9.17, 15) is 9.59 Å². The number of rotatable bonds is 7. The van der Waals surface area contributed by atoms with Gasteiger partial charge < -0.3 is 0 Å². The molecule has 0 unspecified atom stereocenters. The van der Waals surface area contributed by atoms with Crippen molar-refractivity contribution in [1.29, 1.82) is 0 Å². The summed E-state index contributed by atoms with van der Waals surface area (Å²) in [6.07, 6.45) is 0. The van der Waals surface area contributed by atoms with Gasteiger partial charge in [0.2, 0.25) is 0 Å². The van der Waals surface area contributed by atoms with E-state index in [0.29, 0.717) is 11.4 Å². The van der Waals surface area contributed by atoms with Gasteiger partial charge in [0, 0.05) is 13.8 Å². The smallest absolute Gasteiger partial charge is 0.191 e. The molecule has 0 aromatic heterocycles. The average molecular weight is 391 g/mol. The van der Waals surface area contributed by atoms with Crippen molar-refractivity contribution < 1.29 is 9.59 Å². The SMILES string of the molecule is CC(=O)/C(Cl)=N/Nc1ccc(-c2ccc(N/N=C(\Cl)C(C)=O)cc2)cc1. The summed E-state index contributed by atoms with van der Waals surface area (Å²) in [6.45, 7) is 2.68. The number of carbonyl (C=O) groups is 2. The molecule has 0 heterocycles.